The molecule has 1 N–H and O–H groups in total. The molecule has 0 aliphatic rings. The number of rotatable bonds is 2. The van der Waals surface area contributed by atoms with Crippen molar-refractivity contribution in [1.82, 2.24) is 4.98 Å². The zero-order valence-corrected chi connectivity index (χ0v) is 11.4. The minimum absolute atomic E-state index is 0.100. The van der Waals surface area contributed by atoms with Gasteiger partial charge in [0.1, 0.15) is 0 Å². The SMILES string of the molecule is COc1c(-c2ccc(C)cc2)[nH]c(=O)c2ccccc12. The van der Waals surface area contributed by atoms with E-state index in [4.69, 9.17) is 4.74 Å². The number of methoxy groups -OCH3 is 1. The van der Waals surface area contributed by atoms with Gasteiger partial charge in [-0.05, 0) is 13.0 Å². The summed E-state index contributed by atoms with van der Waals surface area (Å²) < 4.78 is 5.53. The van der Waals surface area contributed by atoms with E-state index in [1.54, 1.807) is 13.2 Å². The van der Waals surface area contributed by atoms with Gasteiger partial charge < -0.3 is 9.72 Å². The lowest BCUT2D eigenvalue weighted by atomic mass is 10.0. The van der Waals surface area contributed by atoms with Gasteiger partial charge in [-0.15, -0.1) is 0 Å². The van der Waals surface area contributed by atoms with Gasteiger partial charge in [0.05, 0.1) is 18.2 Å². The number of aromatic amines is 1. The maximum atomic E-state index is 12.2. The van der Waals surface area contributed by atoms with E-state index in [0.717, 1.165) is 16.6 Å². The molecule has 0 aliphatic heterocycles. The van der Waals surface area contributed by atoms with Crippen molar-refractivity contribution < 1.29 is 4.74 Å². The molecule has 0 amide bonds. The Morgan fingerprint density at radius 2 is 1.60 bits per heavy atom. The molecule has 0 bridgehead atoms. The third-order valence-electron chi connectivity index (χ3n) is 3.43. The Bertz CT molecular complexity index is 817. The highest BCUT2D eigenvalue weighted by Crippen LogP contribution is 2.32. The average Bonchev–Trinajstić information content (AvgIpc) is 2.48. The fourth-order valence-corrected chi connectivity index (χ4v) is 2.39. The van der Waals surface area contributed by atoms with Crippen LogP contribution in [0.15, 0.2) is 53.3 Å². The van der Waals surface area contributed by atoms with Crippen LogP contribution in [0.25, 0.3) is 22.0 Å². The first-order valence-electron chi connectivity index (χ1n) is 6.47. The van der Waals surface area contributed by atoms with Crippen LogP contribution in [0, 0.1) is 6.92 Å². The predicted molar refractivity (Wildman–Crippen MR) is 81.3 cm³/mol. The van der Waals surface area contributed by atoms with Crippen molar-refractivity contribution in [3.05, 3.63) is 64.4 Å². The highest BCUT2D eigenvalue weighted by atomic mass is 16.5. The van der Waals surface area contributed by atoms with Gasteiger partial charge in [0.2, 0.25) is 0 Å². The zero-order valence-electron chi connectivity index (χ0n) is 11.4. The predicted octanol–water partition coefficient (Wildman–Crippen LogP) is 3.51. The van der Waals surface area contributed by atoms with Gasteiger partial charge in [0, 0.05) is 10.9 Å². The number of H-pyrrole nitrogens is 1. The molecular formula is C17H15NO2. The minimum Gasteiger partial charge on any atom is -0.494 e. The van der Waals surface area contributed by atoms with Crippen molar-refractivity contribution in [2.24, 2.45) is 0 Å². The third kappa shape index (κ3) is 1.97. The van der Waals surface area contributed by atoms with Gasteiger partial charge in [-0.25, -0.2) is 0 Å². The van der Waals surface area contributed by atoms with Crippen molar-refractivity contribution in [2.45, 2.75) is 6.92 Å². The summed E-state index contributed by atoms with van der Waals surface area (Å²) in [6, 6.07) is 15.5. The summed E-state index contributed by atoms with van der Waals surface area (Å²) in [5.41, 5.74) is 2.74. The number of aryl methyl sites for hydroxylation is 1. The molecule has 20 heavy (non-hydrogen) atoms. The van der Waals surface area contributed by atoms with Crippen LogP contribution >= 0.6 is 0 Å². The molecule has 0 radical (unpaired) electrons. The molecule has 0 fully saturated rings. The molecule has 3 nitrogen and oxygen atoms in total. The molecule has 3 rings (SSSR count). The molecule has 2 aromatic carbocycles. The zero-order chi connectivity index (χ0) is 14.1. The van der Waals surface area contributed by atoms with Crippen LogP contribution in [0.4, 0.5) is 0 Å². The van der Waals surface area contributed by atoms with E-state index in [2.05, 4.69) is 4.98 Å². The molecule has 1 heterocycles. The smallest absolute Gasteiger partial charge is 0.256 e. The van der Waals surface area contributed by atoms with Gasteiger partial charge in [-0.2, -0.15) is 0 Å². The number of hydrogen-bond acceptors (Lipinski definition) is 2. The standard InChI is InChI=1S/C17H15NO2/c1-11-7-9-12(10-8-11)15-16(20-2)13-5-3-4-6-14(13)17(19)18-15/h3-10H,1-2H3,(H,18,19). The number of benzene rings is 2. The van der Waals surface area contributed by atoms with E-state index in [1.165, 1.54) is 5.56 Å². The summed E-state index contributed by atoms with van der Waals surface area (Å²) in [5, 5.41) is 1.47. The lowest BCUT2D eigenvalue weighted by Crippen LogP contribution is -2.09. The van der Waals surface area contributed by atoms with E-state index in [0.29, 0.717) is 11.1 Å². The minimum atomic E-state index is -0.100. The first kappa shape index (κ1) is 12.5. The second-order valence-corrected chi connectivity index (χ2v) is 4.77. The van der Waals surface area contributed by atoms with Crippen LogP contribution in [0.5, 0.6) is 5.75 Å². The number of aromatic nitrogens is 1. The van der Waals surface area contributed by atoms with Crippen molar-refractivity contribution in [2.75, 3.05) is 7.11 Å². The van der Waals surface area contributed by atoms with E-state index >= 15 is 0 Å². The number of ether oxygens (including phenoxy) is 1. The molecule has 0 atom stereocenters. The quantitative estimate of drug-likeness (QED) is 0.770. The molecule has 100 valence electrons. The Balaban J connectivity index is 2.36. The highest BCUT2D eigenvalue weighted by Gasteiger charge is 2.13. The Labute approximate surface area is 116 Å². The monoisotopic (exact) mass is 265 g/mol. The van der Waals surface area contributed by atoms with Crippen LogP contribution in [-0.4, -0.2) is 12.1 Å². The van der Waals surface area contributed by atoms with Crippen molar-refractivity contribution in [1.29, 1.82) is 0 Å². The first-order chi connectivity index (χ1) is 9.70. The van der Waals surface area contributed by atoms with Crippen LogP contribution in [0.2, 0.25) is 0 Å². The van der Waals surface area contributed by atoms with Crippen molar-refractivity contribution in [3.8, 4) is 17.0 Å². The number of pyridine rings is 1. The lowest BCUT2D eigenvalue weighted by Gasteiger charge is -2.11. The maximum Gasteiger partial charge on any atom is 0.256 e. The van der Waals surface area contributed by atoms with Gasteiger partial charge in [-0.3, -0.25) is 4.79 Å². The van der Waals surface area contributed by atoms with Gasteiger partial charge in [0.15, 0.2) is 5.75 Å². The second kappa shape index (κ2) is 4.85. The largest absolute Gasteiger partial charge is 0.494 e. The van der Waals surface area contributed by atoms with Crippen LogP contribution < -0.4 is 10.3 Å². The molecule has 0 unspecified atom stereocenters. The normalized spacial score (nSPS) is 10.7. The molecule has 3 aromatic rings. The summed E-state index contributed by atoms with van der Waals surface area (Å²) >= 11 is 0. The van der Waals surface area contributed by atoms with Gasteiger partial charge >= 0.3 is 0 Å². The van der Waals surface area contributed by atoms with E-state index in [9.17, 15) is 4.79 Å². The first-order valence-corrected chi connectivity index (χ1v) is 6.47. The number of hydrogen-bond donors (Lipinski definition) is 1. The average molecular weight is 265 g/mol. The molecule has 0 aliphatic carbocycles. The van der Waals surface area contributed by atoms with Gasteiger partial charge in [-0.1, -0.05) is 48.0 Å². The summed E-state index contributed by atoms with van der Waals surface area (Å²) in [6.07, 6.45) is 0. The third-order valence-corrected chi connectivity index (χ3v) is 3.43. The fourth-order valence-electron chi connectivity index (χ4n) is 2.39. The molecule has 3 heteroatoms. The Hall–Kier alpha value is -2.55. The Morgan fingerprint density at radius 3 is 2.25 bits per heavy atom. The van der Waals surface area contributed by atoms with Crippen molar-refractivity contribution in [3.63, 3.8) is 0 Å². The molecule has 0 saturated carbocycles. The number of fused-ring (bicyclic) bond motifs is 1. The highest BCUT2D eigenvalue weighted by molar-refractivity contribution is 5.92. The number of nitrogens with one attached hydrogen (secondary N) is 1. The van der Waals surface area contributed by atoms with Crippen LogP contribution in [0.3, 0.4) is 0 Å². The summed E-state index contributed by atoms with van der Waals surface area (Å²) in [4.78, 5) is 15.1. The molecule has 0 spiro atoms. The summed E-state index contributed by atoms with van der Waals surface area (Å²) in [5.74, 6) is 0.698. The maximum absolute atomic E-state index is 12.2. The Kier molecular flexibility index (Phi) is 3.03. The van der Waals surface area contributed by atoms with Crippen LogP contribution in [0.1, 0.15) is 5.56 Å². The summed E-state index contributed by atoms with van der Waals surface area (Å²) in [7, 11) is 1.62. The summed E-state index contributed by atoms with van der Waals surface area (Å²) in [6.45, 7) is 2.03. The molecular weight excluding hydrogens is 250 g/mol. The Morgan fingerprint density at radius 1 is 0.950 bits per heavy atom. The van der Waals surface area contributed by atoms with E-state index < -0.39 is 0 Å². The van der Waals surface area contributed by atoms with Gasteiger partial charge in [0.25, 0.3) is 5.56 Å². The molecule has 0 saturated heterocycles. The fraction of sp³-hybridized carbons (Fsp3) is 0.118. The molecule has 1 aromatic heterocycles. The van der Waals surface area contributed by atoms with E-state index in [-0.39, 0.29) is 5.56 Å². The van der Waals surface area contributed by atoms with Crippen LogP contribution in [-0.2, 0) is 0 Å². The second-order valence-electron chi connectivity index (χ2n) is 4.77. The van der Waals surface area contributed by atoms with Crippen molar-refractivity contribution >= 4 is 10.8 Å². The lowest BCUT2D eigenvalue weighted by molar-refractivity contribution is 0.420. The van der Waals surface area contributed by atoms with E-state index in [1.807, 2.05) is 49.4 Å². The topological polar surface area (TPSA) is 42.1 Å².